The molecule has 0 spiro atoms. The molecule has 0 aliphatic heterocycles. The quantitative estimate of drug-likeness (QED) is 0.635. The molecule has 0 aliphatic rings. The number of hydrogen-bond acceptors (Lipinski definition) is 2. The fraction of sp³-hybridized carbons (Fsp3) is 0.900. The summed E-state index contributed by atoms with van der Waals surface area (Å²) in [5.74, 6) is -0.0149. The molecule has 0 bridgehead atoms. The van der Waals surface area contributed by atoms with Crippen LogP contribution < -0.4 is 10.6 Å². The van der Waals surface area contributed by atoms with Gasteiger partial charge >= 0.3 is 6.18 Å². The summed E-state index contributed by atoms with van der Waals surface area (Å²) in [4.78, 5) is 10.8. The maximum Gasteiger partial charge on any atom is 0.389 e. The molecule has 0 radical (unpaired) electrons. The average Bonchev–Trinajstić information content (AvgIpc) is 2.20. The lowest BCUT2D eigenvalue weighted by molar-refractivity contribution is -0.135. The standard InChI is InChI=1S/C10H19F3N2O/c1-14-9(16)5-4-8-15-7-3-2-6-10(11,12)13/h15H,2-8H2,1H3,(H,14,16). The fourth-order valence-corrected chi connectivity index (χ4v) is 1.20. The van der Waals surface area contributed by atoms with Crippen LogP contribution in [0.2, 0.25) is 0 Å². The molecule has 6 heteroatoms. The van der Waals surface area contributed by atoms with E-state index in [0.717, 1.165) is 0 Å². The summed E-state index contributed by atoms with van der Waals surface area (Å²) in [6, 6.07) is 0. The molecular formula is C10H19F3N2O. The molecule has 1 amide bonds. The first-order chi connectivity index (χ1) is 7.45. The zero-order valence-electron chi connectivity index (χ0n) is 9.49. The number of carbonyl (C=O) groups excluding carboxylic acids is 1. The van der Waals surface area contributed by atoms with Gasteiger partial charge in [0.15, 0.2) is 0 Å². The molecular weight excluding hydrogens is 221 g/mol. The maximum atomic E-state index is 11.7. The first kappa shape index (κ1) is 15.2. The summed E-state index contributed by atoms with van der Waals surface area (Å²) in [6.07, 6.45) is -2.93. The van der Waals surface area contributed by atoms with E-state index in [9.17, 15) is 18.0 Å². The number of alkyl halides is 3. The Morgan fingerprint density at radius 3 is 2.31 bits per heavy atom. The van der Waals surface area contributed by atoms with Crippen LogP contribution in [0.5, 0.6) is 0 Å². The predicted octanol–water partition coefficient (Wildman–Crippen LogP) is 1.83. The van der Waals surface area contributed by atoms with Gasteiger partial charge in [0.2, 0.25) is 5.91 Å². The highest BCUT2D eigenvalue weighted by Crippen LogP contribution is 2.21. The number of carbonyl (C=O) groups is 1. The smallest absolute Gasteiger partial charge is 0.359 e. The molecule has 0 saturated heterocycles. The van der Waals surface area contributed by atoms with E-state index in [4.69, 9.17) is 0 Å². The van der Waals surface area contributed by atoms with Crippen LogP contribution in [0.25, 0.3) is 0 Å². The highest BCUT2D eigenvalue weighted by molar-refractivity contribution is 5.75. The Labute approximate surface area is 93.8 Å². The van der Waals surface area contributed by atoms with Crippen LogP contribution in [-0.4, -0.2) is 32.2 Å². The van der Waals surface area contributed by atoms with Crippen LogP contribution in [0, 0.1) is 0 Å². The van der Waals surface area contributed by atoms with Gasteiger partial charge in [-0.25, -0.2) is 0 Å². The van der Waals surface area contributed by atoms with Crippen LogP contribution >= 0.6 is 0 Å². The van der Waals surface area contributed by atoms with E-state index in [-0.39, 0.29) is 12.3 Å². The lowest BCUT2D eigenvalue weighted by atomic mass is 10.2. The first-order valence-corrected chi connectivity index (χ1v) is 5.44. The molecule has 0 aromatic heterocycles. The Balaban J connectivity index is 3.13. The van der Waals surface area contributed by atoms with Crippen molar-refractivity contribution in [3.63, 3.8) is 0 Å². The van der Waals surface area contributed by atoms with Crippen molar-refractivity contribution >= 4 is 5.91 Å². The number of hydrogen-bond donors (Lipinski definition) is 2. The number of unbranched alkanes of at least 4 members (excludes halogenated alkanes) is 1. The number of halogens is 3. The molecule has 16 heavy (non-hydrogen) atoms. The van der Waals surface area contributed by atoms with Crippen molar-refractivity contribution in [1.82, 2.24) is 10.6 Å². The van der Waals surface area contributed by atoms with Gasteiger partial charge in [-0.2, -0.15) is 13.2 Å². The average molecular weight is 240 g/mol. The molecule has 3 nitrogen and oxygen atoms in total. The van der Waals surface area contributed by atoms with Crippen LogP contribution in [0.4, 0.5) is 13.2 Å². The summed E-state index contributed by atoms with van der Waals surface area (Å²) in [5, 5.41) is 5.50. The fourth-order valence-electron chi connectivity index (χ4n) is 1.20. The largest absolute Gasteiger partial charge is 0.389 e. The van der Waals surface area contributed by atoms with Gasteiger partial charge in [0.1, 0.15) is 0 Å². The number of amides is 1. The third-order valence-electron chi connectivity index (χ3n) is 2.10. The molecule has 0 heterocycles. The Morgan fingerprint density at radius 1 is 1.12 bits per heavy atom. The van der Waals surface area contributed by atoms with E-state index >= 15 is 0 Å². The van der Waals surface area contributed by atoms with E-state index in [0.29, 0.717) is 32.4 Å². The van der Waals surface area contributed by atoms with Crippen molar-refractivity contribution < 1.29 is 18.0 Å². The van der Waals surface area contributed by atoms with Gasteiger partial charge in [-0.1, -0.05) is 0 Å². The molecule has 0 fully saturated rings. The van der Waals surface area contributed by atoms with Gasteiger partial charge in [-0.3, -0.25) is 4.79 Å². The van der Waals surface area contributed by atoms with Gasteiger partial charge in [0.25, 0.3) is 0 Å². The van der Waals surface area contributed by atoms with Crippen molar-refractivity contribution in [3.05, 3.63) is 0 Å². The second-order valence-corrected chi connectivity index (χ2v) is 3.60. The third-order valence-corrected chi connectivity index (χ3v) is 2.10. The molecule has 0 rings (SSSR count). The summed E-state index contributed by atoms with van der Waals surface area (Å²) < 4.78 is 35.2. The molecule has 0 atom stereocenters. The lowest BCUT2D eigenvalue weighted by Crippen LogP contribution is -2.21. The topological polar surface area (TPSA) is 41.1 Å². The maximum absolute atomic E-state index is 11.7. The molecule has 0 aromatic carbocycles. The van der Waals surface area contributed by atoms with Gasteiger partial charge in [-0.15, -0.1) is 0 Å². The third kappa shape index (κ3) is 11.3. The normalized spacial score (nSPS) is 11.5. The Bertz CT molecular complexity index is 195. The molecule has 0 aromatic rings. The van der Waals surface area contributed by atoms with Crippen molar-refractivity contribution in [2.24, 2.45) is 0 Å². The highest BCUT2D eigenvalue weighted by atomic mass is 19.4. The summed E-state index contributed by atoms with van der Waals surface area (Å²) in [5.41, 5.74) is 0. The van der Waals surface area contributed by atoms with Crippen LogP contribution in [-0.2, 0) is 4.79 Å². The zero-order valence-corrected chi connectivity index (χ0v) is 9.49. The SMILES string of the molecule is CNC(=O)CCCNCCCCC(F)(F)F. The minimum absolute atomic E-state index is 0.0149. The van der Waals surface area contributed by atoms with Crippen molar-refractivity contribution in [3.8, 4) is 0 Å². The molecule has 0 unspecified atom stereocenters. The van der Waals surface area contributed by atoms with Crippen molar-refractivity contribution in [2.75, 3.05) is 20.1 Å². The van der Waals surface area contributed by atoms with Gasteiger partial charge in [0.05, 0.1) is 0 Å². The Kier molecular flexibility index (Phi) is 7.97. The van der Waals surface area contributed by atoms with E-state index in [2.05, 4.69) is 10.6 Å². The van der Waals surface area contributed by atoms with Crippen molar-refractivity contribution in [2.45, 2.75) is 38.3 Å². The summed E-state index contributed by atoms with van der Waals surface area (Å²) in [6.45, 7) is 1.24. The van der Waals surface area contributed by atoms with Gasteiger partial charge in [0, 0.05) is 19.9 Å². The first-order valence-electron chi connectivity index (χ1n) is 5.44. The number of rotatable bonds is 8. The lowest BCUT2D eigenvalue weighted by Gasteiger charge is -2.06. The van der Waals surface area contributed by atoms with Crippen LogP contribution in [0.15, 0.2) is 0 Å². The second kappa shape index (κ2) is 8.38. The summed E-state index contributed by atoms with van der Waals surface area (Å²) >= 11 is 0. The molecule has 0 saturated carbocycles. The molecule has 0 aliphatic carbocycles. The highest BCUT2D eigenvalue weighted by Gasteiger charge is 2.25. The molecule has 2 N–H and O–H groups in total. The van der Waals surface area contributed by atoms with Crippen LogP contribution in [0.1, 0.15) is 32.1 Å². The Morgan fingerprint density at radius 2 is 1.75 bits per heavy atom. The predicted molar refractivity (Wildman–Crippen MR) is 56.1 cm³/mol. The second-order valence-electron chi connectivity index (χ2n) is 3.60. The minimum Gasteiger partial charge on any atom is -0.359 e. The zero-order chi connectivity index (χ0) is 12.4. The van der Waals surface area contributed by atoms with E-state index in [1.165, 1.54) is 0 Å². The molecule has 96 valence electrons. The summed E-state index contributed by atoms with van der Waals surface area (Å²) in [7, 11) is 1.58. The van der Waals surface area contributed by atoms with Crippen molar-refractivity contribution in [1.29, 1.82) is 0 Å². The van der Waals surface area contributed by atoms with E-state index < -0.39 is 12.6 Å². The Hall–Kier alpha value is -0.780. The van der Waals surface area contributed by atoms with Gasteiger partial charge < -0.3 is 10.6 Å². The van der Waals surface area contributed by atoms with E-state index in [1.54, 1.807) is 7.05 Å². The van der Waals surface area contributed by atoms with Gasteiger partial charge in [-0.05, 0) is 32.4 Å². The van der Waals surface area contributed by atoms with E-state index in [1.807, 2.05) is 0 Å². The van der Waals surface area contributed by atoms with Crippen LogP contribution in [0.3, 0.4) is 0 Å². The monoisotopic (exact) mass is 240 g/mol. The minimum atomic E-state index is -4.04. The number of nitrogens with one attached hydrogen (secondary N) is 2.